The van der Waals surface area contributed by atoms with E-state index in [-0.39, 0.29) is 5.91 Å². The monoisotopic (exact) mass is 249 g/mol. The molecule has 3 N–H and O–H groups in total. The van der Waals surface area contributed by atoms with Gasteiger partial charge in [-0.05, 0) is 24.5 Å². The van der Waals surface area contributed by atoms with E-state index in [4.69, 9.17) is 5.73 Å². The lowest BCUT2D eigenvalue weighted by atomic mass is 10.1. The molecular weight excluding hydrogens is 226 g/mol. The van der Waals surface area contributed by atoms with Gasteiger partial charge in [0.25, 0.3) is 0 Å². The molecule has 1 rings (SSSR count). The van der Waals surface area contributed by atoms with Gasteiger partial charge in [-0.2, -0.15) is 0 Å². The molecular formula is C14H23N3O. The van der Waals surface area contributed by atoms with Crippen LogP contribution in [0.5, 0.6) is 0 Å². The number of anilines is 1. The van der Waals surface area contributed by atoms with Crippen LogP contribution in [0.1, 0.15) is 24.5 Å². The van der Waals surface area contributed by atoms with Crippen LogP contribution in [0.2, 0.25) is 0 Å². The van der Waals surface area contributed by atoms with Crippen molar-refractivity contribution in [2.24, 2.45) is 5.73 Å². The van der Waals surface area contributed by atoms with Gasteiger partial charge in [-0.3, -0.25) is 4.79 Å². The minimum atomic E-state index is 0.0228. The third kappa shape index (κ3) is 3.47. The molecule has 0 aliphatic rings. The molecule has 1 aromatic carbocycles. The van der Waals surface area contributed by atoms with E-state index >= 15 is 0 Å². The van der Waals surface area contributed by atoms with Gasteiger partial charge >= 0.3 is 0 Å². The molecule has 0 heterocycles. The zero-order valence-corrected chi connectivity index (χ0v) is 11.5. The predicted octanol–water partition coefficient (Wildman–Crippen LogP) is 1.42. The van der Waals surface area contributed by atoms with E-state index in [2.05, 4.69) is 30.1 Å². The Kier molecular flexibility index (Phi) is 5.65. The summed E-state index contributed by atoms with van der Waals surface area (Å²) >= 11 is 0. The van der Waals surface area contributed by atoms with Crippen molar-refractivity contribution >= 4 is 11.6 Å². The summed E-state index contributed by atoms with van der Waals surface area (Å²) in [6.45, 7) is 5.89. The number of amides is 1. The van der Waals surface area contributed by atoms with Gasteiger partial charge in [0.2, 0.25) is 5.91 Å². The van der Waals surface area contributed by atoms with Crippen LogP contribution < -0.4 is 16.0 Å². The standard InChI is InChI=1S/C14H23N3O/c1-4-8-17(10-13(18)16-3)14-11(2)6-5-7-12(14)9-15/h5-7H,4,8-10,15H2,1-3H3,(H,16,18). The quantitative estimate of drug-likeness (QED) is 0.801. The van der Waals surface area contributed by atoms with Gasteiger partial charge in [0.05, 0.1) is 6.54 Å². The fourth-order valence-corrected chi connectivity index (χ4v) is 2.13. The fraction of sp³-hybridized carbons (Fsp3) is 0.500. The van der Waals surface area contributed by atoms with Gasteiger partial charge in [-0.1, -0.05) is 25.1 Å². The van der Waals surface area contributed by atoms with Gasteiger partial charge in [0, 0.05) is 25.8 Å². The van der Waals surface area contributed by atoms with Crippen molar-refractivity contribution in [1.29, 1.82) is 0 Å². The molecule has 0 aliphatic carbocycles. The van der Waals surface area contributed by atoms with E-state index in [9.17, 15) is 4.79 Å². The molecule has 100 valence electrons. The molecule has 4 heteroatoms. The molecule has 0 saturated heterocycles. The van der Waals surface area contributed by atoms with Crippen molar-refractivity contribution in [2.75, 3.05) is 25.0 Å². The molecule has 0 fully saturated rings. The van der Waals surface area contributed by atoms with Crippen molar-refractivity contribution in [1.82, 2.24) is 5.32 Å². The van der Waals surface area contributed by atoms with E-state index in [1.54, 1.807) is 7.05 Å². The topological polar surface area (TPSA) is 58.4 Å². The molecule has 0 bridgehead atoms. The van der Waals surface area contributed by atoms with Crippen molar-refractivity contribution in [3.05, 3.63) is 29.3 Å². The minimum Gasteiger partial charge on any atom is -0.362 e. The highest BCUT2D eigenvalue weighted by atomic mass is 16.1. The van der Waals surface area contributed by atoms with E-state index in [0.29, 0.717) is 13.1 Å². The summed E-state index contributed by atoms with van der Waals surface area (Å²) in [6, 6.07) is 6.08. The smallest absolute Gasteiger partial charge is 0.239 e. The number of aryl methyl sites for hydroxylation is 1. The SMILES string of the molecule is CCCN(CC(=O)NC)c1c(C)cccc1CN. The number of nitrogens with two attached hydrogens (primary N) is 1. The molecule has 1 aromatic rings. The number of hydrogen-bond acceptors (Lipinski definition) is 3. The largest absolute Gasteiger partial charge is 0.362 e. The fourth-order valence-electron chi connectivity index (χ4n) is 2.13. The van der Waals surface area contributed by atoms with Crippen molar-refractivity contribution in [2.45, 2.75) is 26.8 Å². The van der Waals surface area contributed by atoms with Gasteiger partial charge in [0.1, 0.15) is 0 Å². The normalized spacial score (nSPS) is 10.2. The Labute approximate surface area is 109 Å². The summed E-state index contributed by atoms with van der Waals surface area (Å²) in [5, 5.41) is 2.67. The Morgan fingerprint density at radius 1 is 1.44 bits per heavy atom. The maximum absolute atomic E-state index is 11.6. The number of nitrogens with one attached hydrogen (secondary N) is 1. The number of hydrogen-bond donors (Lipinski definition) is 2. The third-order valence-corrected chi connectivity index (χ3v) is 2.96. The first-order valence-electron chi connectivity index (χ1n) is 6.38. The number of carbonyl (C=O) groups excluding carboxylic acids is 1. The number of benzene rings is 1. The van der Waals surface area contributed by atoms with Gasteiger partial charge in [0.15, 0.2) is 0 Å². The summed E-state index contributed by atoms with van der Waals surface area (Å²) in [6.07, 6.45) is 0.995. The molecule has 1 amide bonds. The lowest BCUT2D eigenvalue weighted by Crippen LogP contribution is -2.37. The van der Waals surface area contributed by atoms with Crippen LogP contribution in [0.4, 0.5) is 5.69 Å². The molecule has 0 spiro atoms. The highest BCUT2D eigenvalue weighted by molar-refractivity contribution is 5.81. The maximum Gasteiger partial charge on any atom is 0.239 e. The first-order chi connectivity index (χ1) is 8.63. The van der Waals surface area contributed by atoms with Gasteiger partial charge in [-0.15, -0.1) is 0 Å². The van der Waals surface area contributed by atoms with Gasteiger partial charge in [-0.25, -0.2) is 0 Å². The summed E-state index contributed by atoms with van der Waals surface area (Å²) in [4.78, 5) is 13.7. The molecule has 0 radical (unpaired) electrons. The van der Waals surface area contributed by atoms with Crippen LogP contribution in [0.15, 0.2) is 18.2 Å². The summed E-state index contributed by atoms with van der Waals surface area (Å²) < 4.78 is 0. The van der Waals surface area contributed by atoms with Crippen LogP contribution in [0.3, 0.4) is 0 Å². The molecule has 0 aliphatic heterocycles. The average Bonchev–Trinajstić information content (AvgIpc) is 2.37. The van der Waals surface area contributed by atoms with E-state index in [1.165, 1.54) is 0 Å². The Hall–Kier alpha value is -1.55. The number of nitrogens with zero attached hydrogens (tertiary/aromatic N) is 1. The number of para-hydroxylation sites is 1. The highest BCUT2D eigenvalue weighted by Gasteiger charge is 2.15. The second kappa shape index (κ2) is 7.01. The van der Waals surface area contributed by atoms with Gasteiger partial charge < -0.3 is 16.0 Å². The highest BCUT2D eigenvalue weighted by Crippen LogP contribution is 2.25. The molecule has 18 heavy (non-hydrogen) atoms. The van der Waals surface area contributed by atoms with Crippen LogP contribution >= 0.6 is 0 Å². The number of carbonyl (C=O) groups is 1. The summed E-state index contributed by atoms with van der Waals surface area (Å²) in [7, 11) is 1.66. The van der Waals surface area contributed by atoms with Crippen molar-refractivity contribution < 1.29 is 4.79 Å². The lowest BCUT2D eigenvalue weighted by Gasteiger charge is -2.27. The average molecular weight is 249 g/mol. The molecule has 0 aromatic heterocycles. The third-order valence-electron chi connectivity index (χ3n) is 2.96. The summed E-state index contributed by atoms with van der Waals surface area (Å²) in [5.41, 5.74) is 9.14. The Bertz CT molecular complexity index is 404. The zero-order valence-electron chi connectivity index (χ0n) is 11.5. The first-order valence-corrected chi connectivity index (χ1v) is 6.38. The zero-order chi connectivity index (χ0) is 13.5. The molecule has 0 unspecified atom stereocenters. The van der Waals surface area contributed by atoms with Crippen molar-refractivity contribution in [3.63, 3.8) is 0 Å². The van der Waals surface area contributed by atoms with E-state index in [0.717, 1.165) is 29.8 Å². The predicted molar refractivity (Wildman–Crippen MR) is 75.6 cm³/mol. The Morgan fingerprint density at radius 2 is 2.17 bits per heavy atom. The minimum absolute atomic E-state index is 0.0228. The number of rotatable bonds is 6. The Balaban J connectivity index is 3.07. The second-order valence-corrected chi connectivity index (χ2v) is 4.38. The maximum atomic E-state index is 11.6. The van der Waals surface area contributed by atoms with Crippen molar-refractivity contribution in [3.8, 4) is 0 Å². The second-order valence-electron chi connectivity index (χ2n) is 4.38. The first kappa shape index (κ1) is 14.5. The molecule has 4 nitrogen and oxygen atoms in total. The van der Waals surface area contributed by atoms with Crippen LogP contribution in [0, 0.1) is 6.92 Å². The van der Waals surface area contributed by atoms with Crippen LogP contribution in [-0.2, 0) is 11.3 Å². The number of likely N-dealkylation sites (N-methyl/N-ethyl adjacent to an activating group) is 1. The van der Waals surface area contributed by atoms with Crippen LogP contribution in [-0.4, -0.2) is 26.0 Å². The van der Waals surface area contributed by atoms with E-state index < -0.39 is 0 Å². The molecule has 0 atom stereocenters. The lowest BCUT2D eigenvalue weighted by molar-refractivity contribution is -0.119. The van der Waals surface area contributed by atoms with Crippen LogP contribution in [0.25, 0.3) is 0 Å². The Morgan fingerprint density at radius 3 is 2.72 bits per heavy atom. The molecule has 0 saturated carbocycles. The summed E-state index contributed by atoms with van der Waals surface area (Å²) in [5.74, 6) is 0.0228. The van der Waals surface area contributed by atoms with E-state index in [1.807, 2.05) is 12.1 Å².